The number of hydrogen-bond donors (Lipinski definition) is 1. The molecule has 1 aromatic heterocycles. The normalized spacial score (nSPS) is 18.0. The van der Waals surface area contributed by atoms with Crippen molar-refractivity contribution in [1.29, 1.82) is 0 Å². The van der Waals surface area contributed by atoms with Gasteiger partial charge in [-0.15, -0.1) is 5.10 Å². The van der Waals surface area contributed by atoms with E-state index in [1.807, 2.05) is 24.1 Å². The van der Waals surface area contributed by atoms with E-state index in [9.17, 15) is 4.79 Å². The van der Waals surface area contributed by atoms with Crippen LogP contribution in [-0.4, -0.2) is 53.7 Å². The van der Waals surface area contributed by atoms with Gasteiger partial charge < -0.3 is 15.5 Å². The van der Waals surface area contributed by atoms with E-state index in [2.05, 4.69) is 15.1 Å². The monoisotopic (exact) mass is 319 g/mol. The second-order valence-corrected chi connectivity index (χ2v) is 6.28. The molecular weight excluding hydrogens is 290 g/mol. The molecule has 128 valence electrons. The van der Waals surface area contributed by atoms with E-state index in [1.165, 1.54) is 0 Å². The number of amides is 1. The minimum absolute atomic E-state index is 0.253. The summed E-state index contributed by atoms with van der Waals surface area (Å²) < 4.78 is 0. The van der Waals surface area contributed by atoms with Crippen LogP contribution in [0.1, 0.15) is 44.9 Å². The number of anilines is 1. The first kappa shape index (κ1) is 17.7. The molecule has 6 heteroatoms. The van der Waals surface area contributed by atoms with Crippen molar-refractivity contribution in [3.05, 3.63) is 18.3 Å². The number of piperidine rings is 1. The number of unbranched alkanes of at least 4 members (excludes halogenated alkanes) is 3. The molecule has 0 spiro atoms. The number of carbonyl (C=O) groups is 1. The van der Waals surface area contributed by atoms with Gasteiger partial charge >= 0.3 is 0 Å². The van der Waals surface area contributed by atoms with Gasteiger partial charge in [-0.05, 0) is 44.4 Å². The van der Waals surface area contributed by atoms with Crippen LogP contribution in [0.2, 0.25) is 0 Å². The first-order valence-corrected chi connectivity index (χ1v) is 8.70. The lowest BCUT2D eigenvalue weighted by Gasteiger charge is -2.38. The third kappa shape index (κ3) is 5.46. The van der Waals surface area contributed by atoms with Crippen LogP contribution in [0.25, 0.3) is 0 Å². The Kier molecular flexibility index (Phi) is 7.26. The van der Waals surface area contributed by atoms with Crippen molar-refractivity contribution < 1.29 is 4.79 Å². The smallest absolute Gasteiger partial charge is 0.222 e. The van der Waals surface area contributed by atoms with Gasteiger partial charge in [0.25, 0.3) is 0 Å². The van der Waals surface area contributed by atoms with Crippen LogP contribution in [-0.2, 0) is 4.79 Å². The van der Waals surface area contributed by atoms with Crippen molar-refractivity contribution in [2.75, 3.05) is 31.6 Å². The molecular formula is C17H29N5O. The maximum absolute atomic E-state index is 12.4. The minimum Gasteiger partial charge on any atom is -0.353 e. The van der Waals surface area contributed by atoms with Gasteiger partial charge in [-0.2, -0.15) is 5.10 Å². The number of nitrogens with zero attached hydrogens (tertiary/aromatic N) is 4. The zero-order chi connectivity index (χ0) is 16.5. The zero-order valence-corrected chi connectivity index (χ0v) is 14.2. The highest BCUT2D eigenvalue weighted by Crippen LogP contribution is 2.20. The SMILES string of the molecule is CN(C(=O)CCCCCCN)C1CCCN(c2cccnn2)C1. The summed E-state index contributed by atoms with van der Waals surface area (Å²) in [6, 6.07) is 4.15. The molecule has 6 nitrogen and oxygen atoms in total. The predicted molar refractivity (Wildman–Crippen MR) is 92.2 cm³/mol. The highest BCUT2D eigenvalue weighted by Gasteiger charge is 2.26. The Morgan fingerprint density at radius 1 is 1.39 bits per heavy atom. The second kappa shape index (κ2) is 9.45. The fraction of sp³-hybridized carbons (Fsp3) is 0.706. The molecule has 1 unspecified atom stereocenters. The molecule has 1 amide bonds. The van der Waals surface area contributed by atoms with E-state index < -0.39 is 0 Å². The van der Waals surface area contributed by atoms with E-state index in [-0.39, 0.29) is 11.9 Å². The quantitative estimate of drug-likeness (QED) is 0.740. The molecule has 1 atom stereocenters. The summed E-state index contributed by atoms with van der Waals surface area (Å²) in [5.41, 5.74) is 5.49. The first-order chi connectivity index (χ1) is 11.2. The van der Waals surface area contributed by atoms with Gasteiger partial charge in [-0.3, -0.25) is 4.79 Å². The van der Waals surface area contributed by atoms with E-state index >= 15 is 0 Å². The van der Waals surface area contributed by atoms with Gasteiger partial charge in [-0.1, -0.05) is 12.8 Å². The van der Waals surface area contributed by atoms with Gasteiger partial charge in [0.15, 0.2) is 5.82 Å². The summed E-state index contributed by atoms with van der Waals surface area (Å²) in [5, 5.41) is 8.13. The van der Waals surface area contributed by atoms with Gasteiger partial charge in [0.2, 0.25) is 5.91 Å². The summed E-state index contributed by atoms with van der Waals surface area (Å²) in [7, 11) is 1.94. The van der Waals surface area contributed by atoms with E-state index in [1.54, 1.807) is 6.20 Å². The molecule has 1 aromatic rings. The zero-order valence-electron chi connectivity index (χ0n) is 14.2. The fourth-order valence-corrected chi connectivity index (χ4v) is 3.10. The van der Waals surface area contributed by atoms with Crippen LogP contribution in [0.15, 0.2) is 18.3 Å². The summed E-state index contributed by atoms with van der Waals surface area (Å²) >= 11 is 0. The number of carbonyl (C=O) groups excluding carboxylic acids is 1. The van der Waals surface area contributed by atoms with Gasteiger partial charge in [0.05, 0.1) is 0 Å². The van der Waals surface area contributed by atoms with E-state index in [0.717, 1.165) is 64.0 Å². The highest BCUT2D eigenvalue weighted by atomic mass is 16.2. The minimum atomic E-state index is 0.253. The molecule has 23 heavy (non-hydrogen) atoms. The third-order valence-electron chi connectivity index (χ3n) is 4.56. The number of aromatic nitrogens is 2. The molecule has 1 saturated heterocycles. The van der Waals surface area contributed by atoms with Gasteiger partial charge in [0.1, 0.15) is 0 Å². The van der Waals surface area contributed by atoms with Gasteiger partial charge in [-0.25, -0.2) is 0 Å². The molecule has 0 bridgehead atoms. The molecule has 1 fully saturated rings. The van der Waals surface area contributed by atoms with Crippen LogP contribution in [0.5, 0.6) is 0 Å². The second-order valence-electron chi connectivity index (χ2n) is 6.28. The topological polar surface area (TPSA) is 75.3 Å². The molecule has 0 radical (unpaired) electrons. The molecule has 2 rings (SSSR count). The van der Waals surface area contributed by atoms with Crippen molar-refractivity contribution in [3.8, 4) is 0 Å². The lowest BCUT2D eigenvalue weighted by atomic mass is 10.0. The average molecular weight is 319 g/mol. The molecule has 1 aliphatic rings. The Hall–Kier alpha value is -1.69. The number of likely N-dealkylation sites (N-methyl/N-ethyl adjacent to an activating group) is 1. The van der Waals surface area contributed by atoms with Gasteiger partial charge in [0, 0.05) is 38.8 Å². The predicted octanol–water partition coefficient (Wildman–Crippen LogP) is 1.81. The Balaban J connectivity index is 1.79. The number of nitrogens with two attached hydrogens (primary N) is 1. The largest absolute Gasteiger partial charge is 0.353 e. The molecule has 0 saturated carbocycles. The summed E-state index contributed by atoms with van der Waals surface area (Å²) in [6.07, 6.45) is 8.70. The lowest BCUT2D eigenvalue weighted by Crippen LogP contribution is -2.48. The first-order valence-electron chi connectivity index (χ1n) is 8.70. The molecule has 0 aliphatic carbocycles. The maximum Gasteiger partial charge on any atom is 0.222 e. The Morgan fingerprint density at radius 2 is 2.22 bits per heavy atom. The lowest BCUT2D eigenvalue weighted by molar-refractivity contribution is -0.132. The fourth-order valence-electron chi connectivity index (χ4n) is 3.10. The van der Waals surface area contributed by atoms with Crippen LogP contribution < -0.4 is 10.6 Å². The average Bonchev–Trinajstić information content (AvgIpc) is 2.61. The molecule has 0 aromatic carbocycles. The number of rotatable bonds is 8. The van der Waals surface area contributed by atoms with Crippen molar-refractivity contribution in [1.82, 2.24) is 15.1 Å². The Morgan fingerprint density at radius 3 is 2.96 bits per heavy atom. The van der Waals surface area contributed by atoms with Crippen LogP contribution in [0.3, 0.4) is 0 Å². The molecule has 2 heterocycles. The van der Waals surface area contributed by atoms with Crippen LogP contribution in [0, 0.1) is 0 Å². The van der Waals surface area contributed by atoms with E-state index in [4.69, 9.17) is 5.73 Å². The van der Waals surface area contributed by atoms with Crippen molar-refractivity contribution in [2.45, 2.75) is 51.0 Å². The van der Waals surface area contributed by atoms with Crippen molar-refractivity contribution in [2.24, 2.45) is 5.73 Å². The van der Waals surface area contributed by atoms with Crippen LogP contribution >= 0.6 is 0 Å². The third-order valence-corrected chi connectivity index (χ3v) is 4.56. The summed E-state index contributed by atoms with van der Waals surface area (Å²) in [6.45, 7) is 2.57. The number of hydrogen-bond acceptors (Lipinski definition) is 5. The van der Waals surface area contributed by atoms with Crippen LogP contribution in [0.4, 0.5) is 5.82 Å². The summed E-state index contributed by atoms with van der Waals surface area (Å²) in [5.74, 6) is 1.16. The molecule has 1 aliphatic heterocycles. The Labute approximate surface area is 139 Å². The van der Waals surface area contributed by atoms with Crippen molar-refractivity contribution in [3.63, 3.8) is 0 Å². The highest BCUT2D eigenvalue weighted by molar-refractivity contribution is 5.76. The van der Waals surface area contributed by atoms with Crippen molar-refractivity contribution >= 4 is 11.7 Å². The van der Waals surface area contributed by atoms with E-state index in [0.29, 0.717) is 6.42 Å². The maximum atomic E-state index is 12.4. The Bertz CT molecular complexity index is 467. The summed E-state index contributed by atoms with van der Waals surface area (Å²) in [4.78, 5) is 16.5. The standard InChI is InChI=1S/C17H29N5O/c1-21(17(23)10-4-2-3-5-11-18)15-8-7-13-22(14-15)16-9-6-12-19-20-16/h6,9,12,15H,2-5,7-8,10-11,13-14,18H2,1H3. The molecule has 2 N–H and O–H groups in total.